The Morgan fingerprint density at radius 3 is 1.07 bits per heavy atom. The fourth-order valence-corrected chi connectivity index (χ4v) is 18.2. The second-order valence-electron chi connectivity index (χ2n) is 36.4. The predicted molar refractivity (Wildman–Crippen MR) is 589 cm³/mol. The van der Waals surface area contributed by atoms with Crippen LogP contribution in [0.15, 0.2) is 91.0 Å². The normalized spacial score (nSPS) is 18.4. The molecule has 5 aromatic rings. The van der Waals surface area contributed by atoms with Crippen LogP contribution in [0, 0.1) is 0 Å². The fraction of sp³-hybridized carbons (Fsp3) is 0.692. The molecule has 0 radical (unpaired) electrons. The molecule has 0 aliphatic carbocycles. The first kappa shape index (κ1) is 141. The van der Waals surface area contributed by atoms with E-state index in [2.05, 4.69) is 46.9 Å². The number of nitrogens with one attached hydrogen (secondary N) is 4. The van der Waals surface area contributed by atoms with Gasteiger partial charge in [0.1, 0.15) is 89.9 Å². The number of rotatable bonds is 44. The molecule has 0 saturated carbocycles. The molecule has 5 aromatic carbocycles. The van der Waals surface area contributed by atoms with Gasteiger partial charge in [-0.3, -0.25) is 18.6 Å². The maximum absolute atomic E-state index is 12.8. The Bertz CT molecular complexity index is 4280. The zero-order valence-electron chi connectivity index (χ0n) is 81.4. The van der Waals surface area contributed by atoms with Gasteiger partial charge >= 0.3 is 35.3 Å². The van der Waals surface area contributed by atoms with Gasteiger partial charge in [0.05, 0.1) is 88.2 Å². The molecule has 0 spiro atoms. The number of fused-ring (bicyclic) bond motifs is 5. The van der Waals surface area contributed by atoms with Gasteiger partial charge in [-0.1, -0.05) is 189 Å². The minimum absolute atomic E-state index is 0. The lowest BCUT2D eigenvalue weighted by molar-refractivity contribution is -0.167. The van der Waals surface area contributed by atoms with Crippen LogP contribution in [0.1, 0.15) is 283 Å². The first-order chi connectivity index (χ1) is 65.4. The second-order valence-corrected chi connectivity index (χ2v) is 36.9. The van der Waals surface area contributed by atoms with Gasteiger partial charge in [0.25, 0.3) is 0 Å². The molecule has 42 heteroatoms. The van der Waals surface area contributed by atoms with E-state index in [1.165, 1.54) is 110 Å². The maximum atomic E-state index is 12.8. The Morgan fingerprint density at radius 1 is 0.425 bits per heavy atom. The highest BCUT2D eigenvalue weighted by Crippen LogP contribution is 2.42. The first-order valence-corrected chi connectivity index (χ1v) is 49.3. The van der Waals surface area contributed by atoms with Crippen molar-refractivity contribution >= 4 is 59.8 Å². The molecule has 0 bridgehead atoms. The lowest BCUT2D eigenvalue weighted by atomic mass is 9.79. The fourth-order valence-electron chi connectivity index (χ4n) is 17.9. The largest absolute Gasteiger partial charge is 0.486 e. The molecule has 9 heterocycles. The number of aliphatic hydroxyl groups is 6. The van der Waals surface area contributed by atoms with Gasteiger partial charge in [-0.25, -0.2) is 4.89 Å². The molecular weight excluding hydrogens is 1900 g/mol. The number of ether oxygens (including phenoxy) is 12. The topological polar surface area (TPSA) is 456 Å². The number of hydrogen-bond acceptors (Lipinski definition) is 36. The molecule has 15 N–H and O–H groups in total. The Morgan fingerprint density at radius 2 is 0.726 bits per heavy atom. The van der Waals surface area contributed by atoms with Gasteiger partial charge in [-0.15, -0.1) is 4.33 Å². The number of hydrogen-bond donors (Lipinski definition) is 15. The number of benzene rings is 5. The van der Waals surface area contributed by atoms with Crippen LogP contribution in [0.3, 0.4) is 0 Å². The molecular formula is C104H191B5N8O28S. The minimum atomic E-state index is -0.949. The Labute approximate surface area is 883 Å². The van der Waals surface area contributed by atoms with Crippen LogP contribution in [0.4, 0.5) is 0 Å². The molecule has 9 aliphatic rings. The van der Waals surface area contributed by atoms with E-state index in [1.807, 2.05) is 70.2 Å². The highest BCUT2D eigenvalue weighted by atomic mass is 32.2. The second kappa shape index (κ2) is 74.1. The van der Waals surface area contributed by atoms with Gasteiger partial charge in [0.15, 0.2) is 69.8 Å². The number of amides is 1. The summed E-state index contributed by atoms with van der Waals surface area (Å²) in [6, 6.07) is 24.4. The number of aldehydes is 1. The van der Waals surface area contributed by atoms with Crippen molar-refractivity contribution in [3.63, 3.8) is 0 Å². The summed E-state index contributed by atoms with van der Waals surface area (Å²) >= 11 is 0.644. The van der Waals surface area contributed by atoms with Crippen LogP contribution in [-0.4, -0.2) is 309 Å². The Balaban J connectivity index is 0. The Kier molecular flexibility index (Phi) is 71.5. The number of unbranched alkanes of at least 4 members (excludes halogenated alkanes) is 12. The maximum Gasteiger partial charge on any atom is 0.379 e. The summed E-state index contributed by atoms with van der Waals surface area (Å²) in [7, 11) is -2.32. The molecule has 0 unspecified atom stereocenters. The summed E-state index contributed by atoms with van der Waals surface area (Å²) in [6.07, 6.45) is 18.8. The van der Waals surface area contributed by atoms with E-state index in [-0.39, 0.29) is 118 Å². The van der Waals surface area contributed by atoms with Crippen LogP contribution in [0.25, 0.3) is 0 Å². The lowest BCUT2D eigenvalue weighted by Crippen LogP contribution is -2.53. The number of aliphatic hydroxyl groups excluding tert-OH is 6. The summed E-state index contributed by atoms with van der Waals surface area (Å²) in [5, 5.41) is 122. The van der Waals surface area contributed by atoms with E-state index in [4.69, 9.17) is 61.0 Å². The van der Waals surface area contributed by atoms with Gasteiger partial charge in [-0.05, 0) is 209 Å². The van der Waals surface area contributed by atoms with Crippen molar-refractivity contribution in [3.8, 4) is 57.5 Å². The summed E-state index contributed by atoms with van der Waals surface area (Å²) < 4.78 is 76.1. The van der Waals surface area contributed by atoms with Crippen molar-refractivity contribution in [2.45, 2.75) is 337 Å². The highest BCUT2D eigenvalue weighted by Gasteiger charge is 2.48. The van der Waals surface area contributed by atoms with Crippen molar-refractivity contribution in [1.82, 2.24) is 40.4 Å². The van der Waals surface area contributed by atoms with Crippen LogP contribution >= 0.6 is 12.3 Å². The third kappa shape index (κ3) is 45.5. The minimum Gasteiger partial charge on any atom is -0.486 e. The van der Waals surface area contributed by atoms with Crippen molar-refractivity contribution in [1.29, 1.82) is 0 Å². The van der Waals surface area contributed by atoms with Crippen LogP contribution in [0.5, 0.6) is 57.5 Å². The Hall–Kier alpha value is -7.01. The molecule has 0 aromatic heterocycles. The number of nitrogens with zero attached hydrogens (tertiary/aromatic N) is 4. The third-order valence-electron chi connectivity index (χ3n) is 24.7. The van der Waals surface area contributed by atoms with Crippen molar-refractivity contribution in [3.05, 3.63) is 119 Å². The van der Waals surface area contributed by atoms with E-state index < -0.39 is 89.3 Å². The molecule has 9 aliphatic heterocycles. The van der Waals surface area contributed by atoms with Gasteiger partial charge in [0, 0.05) is 25.6 Å². The number of likely N-dealkylation sites (tertiary alicyclic amines) is 2. The molecule has 146 heavy (non-hydrogen) atoms. The summed E-state index contributed by atoms with van der Waals surface area (Å²) in [5.74, 6) is 6.60. The van der Waals surface area contributed by atoms with Gasteiger partial charge < -0.3 is 148 Å². The standard InChI is InChI=1S/C31H52N2O4.C16H25BN2O4.C15H22BNO5.C13H20BNO7S.C12H18BNO5.C7H14BNO3.10CH4/c1-2-3-4-5-6-7-8-9-10-11-12-13-14-17-30(34)32-27(25-33-20-15-16-21-33)31(35)26-18-19-28-29(24-26)37-23-22-36-28;1-17(21)18-13(11-19-6-2-3-7-19)16(20)12-4-5-14-15(10-12)23-9-8-22-14;1-15(2)17(16(3)19)11(9-22-15)14(18)10-4-5-12-13(8-10)21-7-6-20-12;1-14(17)15-10(8-21-23-22-18-2)13(16)9-3-4-11-12(7-9)20-6-5-19-11;1-13(17)14-9(7-15)12(16)8-2-3-10-11(6-8)19-5-4-18-10;1-7(2)9(8(3)11)6(4-10)5-12-7;;;;;;;;;;/h18-19,24,27,31,35H,2-17,20-23,25H2,1H3,(H,32,34);4-5,10,13,16,18,20-21H,2-3,6-9,11H2,1H3;4-5,8,11,14,18-19H,6-7,9H2,1-3H3;3-4,7,10,13,15-17H,5-6,8H2,1-2H3;2-3,6,9,12,14-17H,4-5,7H2,1H3;4,6,11H,5H2,1-3H3;10*1H4/t27-,31-;13-,16-;11-,14-;10-,13-;9-,12-;6-;;;;;;;;;;/m111110........../s1. The summed E-state index contributed by atoms with van der Waals surface area (Å²) in [4.78, 5) is 35.9. The van der Waals surface area contributed by atoms with Crippen LogP contribution < -0.4 is 68.4 Å². The zero-order valence-corrected chi connectivity index (χ0v) is 82.2. The SMILES string of the molecule is C.C.C.C.C.C.C.C.C.C.CB(O)N1[C@@H](C=O)COC1(C)C.CB(O)N1[C@@H]([C@H](O)c2ccc3c(c2)OCCO3)COC1(C)C.CB(O)N[C@H](CN1CCCC1)[C@H](O)c1ccc2c(c1)OCCO2.CB(O)N[C@H](CO)[C@H](O)c1ccc2c(c1)OCCO2.CCCCCCCCCCCCCCCC(=O)N[C@H](CN1CCCC1)[C@H](O)c1ccc2c(c1)OCCO2.COOSOC[C@@H](NB(C)O)[C@H](O)c1ccc2c(c1)OCCO2. The number of carbonyl (C=O) groups excluding carboxylic acids is 2. The van der Waals surface area contributed by atoms with Crippen LogP contribution in [-0.2, 0) is 32.5 Å². The van der Waals surface area contributed by atoms with Crippen molar-refractivity contribution in [2.75, 3.05) is 139 Å². The van der Waals surface area contributed by atoms with Gasteiger partial charge in [0.2, 0.25) is 5.91 Å². The summed E-state index contributed by atoms with van der Waals surface area (Å²) in [5.41, 5.74) is 2.31. The molecule has 4 saturated heterocycles. The van der Waals surface area contributed by atoms with E-state index in [1.54, 1.807) is 85.4 Å². The molecule has 11 atom stereocenters. The average Bonchev–Trinajstić information content (AvgIpc) is 1.63. The van der Waals surface area contributed by atoms with Crippen molar-refractivity contribution in [2.24, 2.45) is 0 Å². The zero-order chi connectivity index (χ0) is 98.1. The predicted octanol–water partition coefficient (Wildman–Crippen LogP) is 14.6. The molecule has 1 amide bonds. The van der Waals surface area contributed by atoms with E-state index in [0.29, 0.717) is 180 Å². The van der Waals surface area contributed by atoms with Crippen molar-refractivity contribution < 1.29 is 136 Å². The number of carbonyl (C=O) groups is 2. The third-order valence-corrected chi connectivity index (χ3v) is 25.1. The average molecular weight is 2090 g/mol. The quantitative estimate of drug-likeness (QED) is 0.00430. The lowest BCUT2D eigenvalue weighted by Gasteiger charge is -2.36. The van der Waals surface area contributed by atoms with E-state index in [9.17, 15) is 65.3 Å². The highest BCUT2D eigenvalue weighted by molar-refractivity contribution is 7.89. The molecule has 14 rings (SSSR count). The molecule has 836 valence electrons. The molecule has 36 nitrogen and oxygen atoms in total. The van der Waals surface area contributed by atoms with E-state index in [0.717, 1.165) is 62.0 Å². The smallest absolute Gasteiger partial charge is 0.379 e. The molecule has 4 fully saturated rings. The van der Waals surface area contributed by atoms with E-state index >= 15 is 0 Å². The van der Waals surface area contributed by atoms with Gasteiger partial charge in [-0.2, -0.15) is 0 Å². The summed E-state index contributed by atoms with van der Waals surface area (Å²) in [6.45, 7) is 28.9. The van der Waals surface area contributed by atoms with Crippen LogP contribution in [0.2, 0.25) is 34.1 Å². The first-order valence-electron chi connectivity index (χ1n) is 48.6. The monoisotopic (exact) mass is 2090 g/mol.